The Bertz CT molecular complexity index is 445. The molecule has 1 aliphatic rings. The first-order chi connectivity index (χ1) is 9.54. The molecule has 112 valence electrons. The van der Waals surface area contributed by atoms with Crippen LogP contribution in [0.5, 0.6) is 5.75 Å². The SMILES string of the molecule is OC1CCCC(NCc2cc(Br)ccc2OC(F)F)C1. The number of benzene rings is 1. The fourth-order valence-electron chi connectivity index (χ4n) is 2.50. The van der Waals surface area contributed by atoms with E-state index in [2.05, 4.69) is 26.0 Å². The van der Waals surface area contributed by atoms with Gasteiger partial charge in [-0.1, -0.05) is 15.9 Å². The van der Waals surface area contributed by atoms with Gasteiger partial charge in [-0.3, -0.25) is 0 Å². The molecule has 2 unspecified atom stereocenters. The number of hydrogen-bond donors (Lipinski definition) is 2. The van der Waals surface area contributed by atoms with E-state index in [1.165, 1.54) is 6.07 Å². The van der Waals surface area contributed by atoms with Crippen LogP contribution in [-0.4, -0.2) is 23.9 Å². The summed E-state index contributed by atoms with van der Waals surface area (Å²) in [6.45, 7) is -2.38. The summed E-state index contributed by atoms with van der Waals surface area (Å²) in [5.41, 5.74) is 0.680. The van der Waals surface area contributed by atoms with Gasteiger partial charge in [0.25, 0.3) is 0 Å². The van der Waals surface area contributed by atoms with Crippen LogP contribution < -0.4 is 10.1 Å². The summed E-state index contributed by atoms with van der Waals surface area (Å²) in [6, 6.07) is 5.19. The van der Waals surface area contributed by atoms with Gasteiger partial charge in [0, 0.05) is 22.6 Å². The molecule has 0 amide bonds. The first-order valence-corrected chi connectivity index (χ1v) is 7.48. The second-order valence-corrected chi connectivity index (χ2v) is 5.94. The van der Waals surface area contributed by atoms with Crippen LogP contribution in [0.15, 0.2) is 22.7 Å². The van der Waals surface area contributed by atoms with Crippen molar-refractivity contribution in [3.8, 4) is 5.75 Å². The van der Waals surface area contributed by atoms with Crippen molar-refractivity contribution in [2.24, 2.45) is 0 Å². The van der Waals surface area contributed by atoms with E-state index in [0.29, 0.717) is 18.5 Å². The number of hydrogen-bond acceptors (Lipinski definition) is 3. The average molecular weight is 350 g/mol. The predicted octanol–water partition coefficient (Wildman–Crippen LogP) is 3.44. The lowest BCUT2D eigenvalue weighted by atomic mass is 9.93. The maximum Gasteiger partial charge on any atom is 0.387 e. The highest BCUT2D eigenvalue weighted by atomic mass is 79.9. The Hall–Kier alpha value is -0.720. The summed E-state index contributed by atoms with van der Waals surface area (Å²) >= 11 is 3.33. The number of aliphatic hydroxyl groups is 1. The van der Waals surface area contributed by atoms with E-state index in [0.717, 1.165) is 23.7 Å². The molecule has 0 heterocycles. The topological polar surface area (TPSA) is 41.5 Å². The van der Waals surface area contributed by atoms with Gasteiger partial charge in [0.15, 0.2) is 0 Å². The van der Waals surface area contributed by atoms with E-state index in [4.69, 9.17) is 0 Å². The van der Waals surface area contributed by atoms with Gasteiger partial charge in [-0.25, -0.2) is 0 Å². The normalized spacial score (nSPS) is 23.1. The zero-order chi connectivity index (χ0) is 14.5. The summed E-state index contributed by atoms with van der Waals surface area (Å²) in [6.07, 6.45) is 3.27. The molecule has 0 saturated heterocycles. The van der Waals surface area contributed by atoms with Crippen LogP contribution >= 0.6 is 15.9 Å². The third kappa shape index (κ3) is 4.68. The highest BCUT2D eigenvalue weighted by molar-refractivity contribution is 9.10. The van der Waals surface area contributed by atoms with Crippen molar-refractivity contribution in [2.75, 3.05) is 0 Å². The molecular formula is C14H18BrF2NO2. The van der Waals surface area contributed by atoms with E-state index in [1.807, 2.05) is 0 Å². The number of rotatable bonds is 5. The van der Waals surface area contributed by atoms with Crippen LogP contribution in [0.1, 0.15) is 31.2 Å². The van der Waals surface area contributed by atoms with Crippen LogP contribution in [0.3, 0.4) is 0 Å². The summed E-state index contributed by atoms with van der Waals surface area (Å²) in [5.74, 6) is 0.187. The molecule has 3 nitrogen and oxygen atoms in total. The van der Waals surface area contributed by atoms with Crippen LogP contribution in [0.4, 0.5) is 8.78 Å². The monoisotopic (exact) mass is 349 g/mol. The highest BCUT2D eigenvalue weighted by Gasteiger charge is 2.20. The Morgan fingerprint density at radius 3 is 2.90 bits per heavy atom. The van der Waals surface area contributed by atoms with Gasteiger partial charge < -0.3 is 15.2 Å². The molecule has 20 heavy (non-hydrogen) atoms. The minimum atomic E-state index is -2.83. The first-order valence-electron chi connectivity index (χ1n) is 6.69. The number of ether oxygens (including phenoxy) is 1. The Kier molecular flexibility index (Phi) is 5.74. The third-order valence-electron chi connectivity index (χ3n) is 3.47. The van der Waals surface area contributed by atoms with Crippen molar-refractivity contribution in [1.82, 2.24) is 5.32 Å². The van der Waals surface area contributed by atoms with Crippen molar-refractivity contribution < 1.29 is 18.6 Å². The lowest BCUT2D eigenvalue weighted by Gasteiger charge is -2.27. The van der Waals surface area contributed by atoms with Crippen molar-refractivity contribution >= 4 is 15.9 Å². The minimum Gasteiger partial charge on any atom is -0.434 e. The van der Waals surface area contributed by atoms with Crippen LogP contribution in [-0.2, 0) is 6.54 Å². The van der Waals surface area contributed by atoms with Crippen LogP contribution in [0.2, 0.25) is 0 Å². The second kappa shape index (κ2) is 7.33. The molecule has 1 aliphatic carbocycles. The molecule has 0 spiro atoms. The molecule has 1 fully saturated rings. The molecule has 0 radical (unpaired) electrons. The fourth-order valence-corrected chi connectivity index (χ4v) is 2.91. The maximum atomic E-state index is 12.4. The lowest BCUT2D eigenvalue weighted by Crippen LogP contribution is -2.35. The first kappa shape index (κ1) is 15.7. The molecule has 0 bridgehead atoms. The molecule has 2 rings (SSSR count). The molecule has 2 N–H and O–H groups in total. The van der Waals surface area contributed by atoms with Crippen molar-refractivity contribution in [3.05, 3.63) is 28.2 Å². The quantitative estimate of drug-likeness (QED) is 0.855. The summed E-state index contributed by atoms with van der Waals surface area (Å²) in [5, 5.41) is 12.9. The summed E-state index contributed by atoms with van der Waals surface area (Å²) in [4.78, 5) is 0. The van der Waals surface area contributed by atoms with E-state index in [1.54, 1.807) is 12.1 Å². The smallest absolute Gasteiger partial charge is 0.387 e. The van der Waals surface area contributed by atoms with Gasteiger partial charge in [0.2, 0.25) is 0 Å². The molecular weight excluding hydrogens is 332 g/mol. The Morgan fingerprint density at radius 1 is 1.40 bits per heavy atom. The largest absolute Gasteiger partial charge is 0.434 e. The zero-order valence-corrected chi connectivity index (χ0v) is 12.6. The second-order valence-electron chi connectivity index (χ2n) is 5.03. The Balaban J connectivity index is 1.98. The van der Waals surface area contributed by atoms with E-state index >= 15 is 0 Å². The zero-order valence-electron chi connectivity index (χ0n) is 11.0. The molecule has 0 aromatic heterocycles. The van der Waals surface area contributed by atoms with E-state index in [-0.39, 0.29) is 17.9 Å². The molecule has 1 saturated carbocycles. The molecule has 1 aromatic carbocycles. The highest BCUT2D eigenvalue weighted by Crippen LogP contribution is 2.26. The number of nitrogens with one attached hydrogen (secondary N) is 1. The van der Waals surface area contributed by atoms with Gasteiger partial charge in [-0.2, -0.15) is 8.78 Å². The number of halogens is 3. The Labute approximate surface area is 125 Å². The molecule has 0 aliphatic heterocycles. The average Bonchev–Trinajstić information content (AvgIpc) is 2.39. The number of aliphatic hydroxyl groups excluding tert-OH is 1. The standard InChI is InChI=1S/C14H18BrF2NO2/c15-10-4-5-13(20-14(16)17)9(6-10)8-18-11-2-1-3-12(19)7-11/h4-6,11-12,14,18-19H,1-3,7-8H2. The van der Waals surface area contributed by atoms with Gasteiger partial charge in [-0.15, -0.1) is 0 Å². The van der Waals surface area contributed by atoms with Gasteiger partial charge in [-0.05, 0) is 43.9 Å². The number of alkyl halides is 2. The maximum absolute atomic E-state index is 12.4. The van der Waals surface area contributed by atoms with Crippen molar-refractivity contribution in [3.63, 3.8) is 0 Å². The summed E-state index contributed by atoms with van der Waals surface area (Å²) in [7, 11) is 0. The molecule has 6 heteroatoms. The van der Waals surface area contributed by atoms with Crippen LogP contribution in [0.25, 0.3) is 0 Å². The van der Waals surface area contributed by atoms with Gasteiger partial charge in [0.1, 0.15) is 5.75 Å². The third-order valence-corrected chi connectivity index (χ3v) is 3.96. The Morgan fingerprint density at radius 2 is 2.20 bits per heavy atom. The van der Waals surface area contributed by atoms with Gasteiger partial charge in [0.05, 0.1) is 6.10 Å². The summed E-state index contributed by atoms with van der Waals surface area (Å²) < 4.78 is 30.1. The fraction of sp³-hybridized carbons (Fsp3) is 0.571. The molecule has 2 atom stereocenters. The predicted molar refractivity (Wildman–Crippen MR) is 75.9 cm³/mol. The van der Waals surface area contributed by atoms with Crippen LogP contribution in [0, 0.1) is 0 Å². The van der Waals surface area contributed by atoms with Crippen molar-refractivity contribution in [1.29, 1.82) is 0 Å². The van der Waals surface area contributed by atoms with Crippen molar-refractivity contribution in [2.45, 2.75) is 51.0 Å². The minimum absolute atomic E-state index is 0.187. The lowest BCUT2D eigenvalue weighted by molar-refractivity contribution is -0.0505. The van der Waals surface area contributed by atoms with E-state index < -0.39 is 6.61 Å². The van der Waals surface area contributed by atoms with E-state index in [9.17, 15) is 13.9 Å². The van der Waals surface area contributed by atoms with Gasteiger partial charge >= 0.3 is 6.61 Å². The molecule has 1 aromatic rings.